The standard InChI is InChI=1S/C17H16FN3O2/c18-14-4-2-1-3-13(14)16(22)10-20-17(23)21-12-5-6-15-11(9-12)7-8-19-15/h1-9,16,19,22H,10H2,(H2,20,21,23). The average Bonchev–Trinajstić information content (AvgIpc) is 3.01. The number of nitrogens with one attached hydrogen (secondary N) is 3. The first kappa shape index (κ1) is 15.1. The molecule has 0 aliphatic carbocycles. The molecule has 2 amide bonds. The number of aromatic amines is 1. The second kappa shape index (κ2) is 6.50. The van der Waals surface area contributed by atoms with Crippen molar-refractivity contribution in [3.05, 3.63) is 66.1 Å². The second-order valence-corrected chi connectivity index (χ2v) is 5.15. The van der Waals surface area contributed by atoms with E-state index in [-0.39, 0.29) is 12.1 Å². The van der Waals surface area contributed by atoms with E-state index in [1.54, 1.807) is 18.2 Å². The smallest absolute Gasteiger partial charge is 0.319 e. The fourth-order valence-electron chi connectivity index (χ4n) is 2.35. The fourth-order valence-corrected chi connectivity index (χ4v) is 2.35. The maximum absolute atomic E-state index is 13.5. The summed E-state index contributed by atoms with van der Waals surface area (Å²) in [5, 5.41) is 16.1. The quantitative estimate of drug-likeness (QED) is 0.597. The molecule has 2 aromatic carbocycles. The first-order valence-corrected chi connectivity index (χ1v) is 7.18. The summed E-state index contributed by atoms with van der Waals surface area (Å²) in [6, 6.07) is 12.8. The van der Waals surface area contributed by atoms with Crippen LogP contribution >= 0.6 is 0 Å². The monoisotopic (exact) mass is 313 g/mol. The Hall–Kier alpha value is -2.86. The van der Waals surface area contributed by atoms with Gasteiger partial charge in [0.1, 0.15) is 5.82 Å². The van der Waals surface area contributed by atoms with Crippen molar-refractivity contribution in [1.29, 1.82) is 0 Å². The van der Waals surface area contributed by atoms with Gasteiger partial charge in [-0.15, -0.1) is 0 Å². The van der Waals surface area contributed by atoms with Gasteiger partial charge >= 0.3 is 6.03 Å². The maximum Gasteiger partial charge on any atom is 0.319 e. The number of urea groups is 1. The summed E-state index contributed by atoms with van der Waals surface area (Å²) in [4.78, 5) is 14.9. The number of H-pyrrole nitrogens is 1. The third-order valence-corrected chi connectivity index (χ3v) is 3.53. The van der Waals surface area contributed by atoms with Gasteiger partial charge in [0.25, 0.3) is 0 Å². The predicted molar refractivity (Wildman–Crippen MR) is 86.7 cm³/mol. The number of rotatable bonds is 4. The largest absolute Gasteiger partial charge is 0.386 e. The molecule has 23 heavy (non-hydrogen) atoms. The summed E-state index contributed by atoms with van der Waals surface area (Å²) in [7, 11) is 0. The highest BCUT2D eigenvalue weighted by molar-refractivity contribution is 5.92. The molecule has 0 aliphatic rings. The lowest BCUT2D eigenvalue weighted by Gasteiger charge is -2.13. The van der Waals surface area contributed by atoms with Crippen LogP contribution in [0.15, 0.2) is 54.7 Å². The molecule has 1 unspecified atom stereocenters. The van der Waals surface area contributed by atoms with Gasteiger partial charge in [-0.2, -0.15) is 0 Å². The molecule has 1 heterocycles. The van der Waals surface area contributed by atoms with E-state index in [0.29, 0.717) is 5.69 Å². The van der Waals surface area contributed by atoms with Crippen molar-refractivity contribution in [3.8, 4) is 0 Å². The van der Waals surface area contributed by atoms with Crippen molar-refractivity contribution >= 4 is 22.6 Å². The Balaban J connectivity index is 1.58. The normalized spacial score (nSPS) is 12.1. The van der Waals surface area contributed by atoms with E-state index in [0.717, 1.165) is 10.9 Å². The summed E-state index contributed by atoms with van der Waals surface area (Å²) in [6.45, 7) is -0.0842. The van der Waals surface area contributed by atoms with Gasteiger partial charge in [0.15, 0.2) is 0 Å². The zero-order chi connectivity index (χ0) is 16.2. The molecule has 3 rings (SSSR count). The van der Waals surface area contributed by atoms with Gasteiger partial charge in [-0.05, 0) is 30.3 Å². The van der Waals surface area contributed by atoms with Crippen molar-refractivity contribution in [3.63, 3.8) is 0 Å². The van der Waals surface area contributed by atoms with Crippen LogP contribution in [0.3, 0.4) is 0 Å². The Kier molecular flexibility index (Phi) is 4.25. The number of hydrogen-bond acceptors (Lipinski definition) is 2. The second-order valence-electron chi connectivity index (χ2n) is 5.15. The van der Waals surface area contributed by atoms with Crippen LogP contribution in [0, 0.1) is 5.82 Å². The van der Waals surface area contributed by atoms with Crippen molar-refractivity contribution in [2.24, 2.45) is 0 Å². The van der Waals surface area contributed by atoms with Gasteiger partial charge in [-0.1, -0.05) is 18.2 Å². The molecule has 0 bridgehead atoms. The van der Waals surface area contributed by atoms with Crippen LogP contribution < -0.4 is 10.6 Å². The van der Waals surface area contributed by atoms with E-state index < -0.39 is 18.0 Å². The number of hydrogen-bond donors (Lipinski definition) is 4. The third-order valence-electron chi connectivity index (χ3n) is 3.53. The van der Waals surface area contributed by atoms with Crippen LogP contribution in [0.2, 0.25) is 0 Å². The Labute approximate surface area is 132 Å². The molecular formula is C17H16FN3O2. The lowest BCUT2D eigenvalue weighted by atomic mass is 10.1. The van der Waals surface area contributed by atoms with E-state index in [9.17, 15) is 14.3 Å². The van der Waals surface area contributed by atoms with E-state index in [1.165, 1.54) is 12.1 Å². The minimum atomic E-state index is -1.10. The number of aromatic nitrogens is 1. The number of anilines is 1. The molecule has 0 fully saturated rings. The van der Waals surface area contributed by atoms with E-state index >= 15 is 0 Å². The Morgan fingerprint density at radius 1 is 1.22 bits per heavy atom. The predicted octanol–water partition coefficient (Wildman–Crippen LogP) is 3.16. The number of carbonyl (C=O) groups excluding carboxylic acids is 1. The Morgan fingerprint density at radius 3 is 2.87 bits per heavy atom. The zero-order valence-corrected chi connectivity index (χ0v) is 12.2. The lowest BCUT2D eigenvalue weighted by molar-refractivity contribution is 0.170. The summed E-state index contributed by atoms with van der Waals surface area (Å²) in [5.74, 6) is -0.500. The minimum absolute atomic E-state index is 0.0842. The number of amides is 2. The molecular weight excluding hydrogens is 297 g/mol. The van der Waals surface area contributed by atoms with Crippen LogP contribution in [0.25, 0.3) is 10.9 Å². The Bertz CT molecular complexity index is 831. The van der Waals surface area contributed by atoms with Crippen molar-refractivity contribution in [2.75, 3.05) is 11.9 Å². The lowest BCUT2D eigenvalue weighted by Crippen LogP contribution is -2.32. The number of aliphatic hydroxyl groups excluding tert-OH is 1. The van der Waals surface area contributed by atoms with Crippen LogP contribution in [0.5, 0.6) is 0 Å². The molecule has 4 N–H and O–H groups in total. The van der Waals surface area contributed by atoms with E-state index in [2.05, 4.69) is 15.6 Å². The zero-order valence-electron chi connectivity index (χ0n) is 12.2. The van der Waals surface area contributed by atoms with E-state index in [1.807, 2.05) is 24.4 Å². The summed E-state index contributed by atoms with van der Waals surface area (Å²) in [6.07, 6.45) is 0.716. The van der Waals surface area contributed by atoms with Gasteiger partial charge in [0.05, 0.1) is 6.10 Å². The molecule has 0 saturated carbocycles. The molecule has 0 radical (unpaired) electrons. The highest BCUT2D eigenvalue weighted by Gasteiger charge is 2.13. The summed E-state index contributed by atoms with van der Waals surface area (Å²) in [5.41, 5.74) is 1.77. The van der Waals surface area contributed by atoms with Crippen LogP contribution in [0.1, 0.15) is 11.7 Å². The van der Waals surface area contributed by atoms with E-state index in [4.69, 9.17) is 0 Å². The van der Waals surface area contributed by atoms with Gasteiger partial charge in [0.2, 0.25) is 0 Å². The SMILES string of the molecule is O=C(NCC(O)c1ccccc1F)Nc1ccc2[nH]ccc2c1. The van der Waals surface area contributed by atoms with Crippen molar-refractivity contribution < 1.29 is 14.3 Å². The molecule has 1 atom stereocenters. The van der Waals surface area contributed by atoms with Crippen molar-refractivity contribution in [1.82, 2.24) is 10.3 Å². The van der Waals surface area contributed by atoms with Gasteiger partial charge in [-0.25, -0.2) is 9.18 Å². The van der Waals surface area contributed by atoms with Gasteiger partial charge < -0.3 is 20.7 Å². The first-order chi connectivity index (χ1) is 11.1. The molecule has 3 aromatic rings. The maximum atomic E-state index is 13.5. The number of carbonyl (C=O) groups is 1. The van der Waals surface area contributed by atoms with Gasteiger partial charge in [0, 0.05) is 34.9 Å². The average molecular weight is 313 g/mol. The first-order valence-electron chi connectivity index (χ1n) is 7.18. The van der Waals surface area contributed by atoms with Crippen LogP contribution in [0.4, 0.5) is 14.9 Å². The molecule has 1 aromatic heterocycles. The summed E-state index contributed by atoms with van der Waals surface area (Å²) >= 11 is 0. The topological polar surface area (TPSA) is 77.2 Å². The van der Waals surface area contributed by atoms with Gasteiger partial charge in [-0.3, -0.25) is 0 Å². The molecule has 5 nitrogen and oxygen atoms in total. The summed E-state index contributed by atoms with van der Waals surface area (Å²) < 4.78 is 13.5. The third kappa shape index (κ3) is 3.49. The van der Waals surface area contributed by atoms with Crippen molar-refractivity contribution in [2.45, 2.75) is 6.10 Å². The molecule has 0 saturated heterocycles. The number of fused-ring (bicyclic) bond motifs is 1. The Morgan fingerprint density at radius 2 is 2.04 bits per heavy atom. The minimum Gasteiger partial charge on any atom is -0.386 e. The fraction of sp³-hybridized carbons (Fsp3) is 0.118. The molecule has 118 valence electrons. The molecule has 0 aliphatic heterocycles. The molecule has 0 spiro atoms. The highest BCUT2D eigenvalue weighted by Crippen LogP contribution is 2.18. The van der Waals surface area contributed by atoms with Crippen LogP contribution in [-0.2, 0) is 0 Å². The number of benzene rings is 2. The number of aliphatic hydroxyl groups is 1. The highest BCUT2D eigenvalue weighted by atomic mass is 19.1. The van der Waals surface area contributed by atoms with Crippen LogP contribution in [-0.4, -0.2) is 22.7 Å². The number of halogens is 1. The molecule has 6 heteroatoms.